The SMILES string of the molecule is Cc1cc(B2OC(C)(C)C(C)(C)O2)c(Br)cn1. The molecule has 1 aliphatic rings. The molecule has 0 spiro atoms. The van der Waals surface area contributed by atoms with E-state index in [1.165, 1.54) is 0 Å². The van der Waals surface area contributed by atoms with Crippen LogP contribution in [0.5, 0.6) is 0 Å². The second-order valence-electron chi connectivity index (χ2n) is 5.44. The van der Waals surface area contributed by atoms with Crippen LogP contribution >= 0.6 is 15.9 Å². The van der Waals surface area contributed by atoms with Gasteiger partial charge in [0, 0.05) is 16.4 Å². The molecule has 0 atom stereocenters. The van der Waals surface area contributed by atoms with Crippen LogP contribution < -0.4 is 5.46 Å². The van der Waals surface area contributed by atoms with Crippen LogP contribution in [0.2, 0.25) is 0 Å². The topological polar surface area (TPSA) is 31.4 Å². The summed E-state index contributed by atoms with van der Waals surface area (Å²) in [6.45, 7) is 10.2. The number of hydrogen-bond donors (Lipinski definition) is 0. The summed E-state index contributed by atoms with van der Waals surface area (Å²) in [5.41, 5.74) is 1.33. The largest absolute Gasteiger partial charge is 0.496 e. The Hall–Kier alpha value is -0.385. The Morgan fingerprint density at radius 3 is 2.24 bits per heavy atom. The van der Waals surface area contributed by atoms with Crippen molar-refractivity contribution in [3.63, 3.8) is 0 Å². The van der Waals surface area contributed by atoms with E-state index >= 15 is 0 Å². The van der Waals surface area contributed by atoms with Crippen molar-refractivity contribution < 1.29 is 9.31 Å². The lowest BCUT2D eigenvalue weighted by Crippen LogP contribution is -2.41. The van der Waals surface area contributed by atoms with E-state index < -0.39 is 0 Å². The maximum atomic E-state index is 6.01. The van der Waals surface area contributed by atoms with Gasteiger partial charge >= 0.3 is 7.12 Å². The Morgan fingerprint density at radius 1 is 1.18 bits per heavy atom. The van der Waals surface area contributed by atoms with Crippen LogP contribution in [-0.2, 0) is 9.31 Å². The van der Waals surface area contributed by atoms with E-state index in [0.717, 1.165) is 15.6 Å². The standard InChI is InChI=1S/C12H17BBrNO2/c1-8-6-9(10(14)7-15-8)13-16-11(2,3)12(4,5)17-13/h6-7H,1-5H3. The molecule has 0 N–H and O–H groups in total. The molecule has 0 bridgehead atoms. The van der Waals surface area contributed by atoms with Crippen molar-refractivity contribution in [3.05, 3.63) is 22.4 Å². The molecular formula is C12H17BBrNO2. The van der Waals surface area contributed by atoms with Gasteiger partial charge < -0.3 is 9.31 Å². The van der Waals surface area contributed by atoms with Gasteiger partial charge in [0.05, 0.1) is 11.2 Å². The molecule has 1 aliphatic heterocycles. The number of aromatic nitrogens is 1. The summed E-state index contributed by atoms with van der Waals surface area (Å²) in [5.74, 6) is 0. The molecule has 92 valence electrons. The van der Waals surface area contributed by atoms with E-state index in [9.17, 15) is 0 Å². The van der Waals surface area contributed by atoms with E-state index in [0.29, 0.717) is 0 Å². The zero-order chi connectivity index (χ0) is 12.8. The summed E-state index contributed by atoms with van der Waals surface area (Å²) in [5, 5.41) is 0. The summed E-state index contributed by atoms with van der Waals surface area (Å²) in [6.07, 6.45) is 1.79. The van der Waals surface area contributed by atoms with Crippen molar-refractivity contribution >= 4 is 28.5 Å². The van der Waals surface area contributed by atoms with E-state index in [1.807, 2.05) is 13.0 Å². The monoisotopic (exact) mass is 297 g/mol. The second-order valence-corrected chi connectivity index (χ2v) is 6.29. The number of hydrogen-bond acceptors (Lipinski definition) is 3. The first-order valence-electron chi connectivity index (χ1n) is 5.71. The van der Waals surface area contributed by atoms with Crippen LogP contribution in [0.15, 0.2) is 16.7 Å². The van der Waals surface area contributed by atoms with Gasteiger partial charge in [0.2, 0.25) is 0 Å². The first kappa shape index (κ1) is 13.1. The minimum atomic E-state index is -0.337. The number of nitrogens with zero attached hydrogens (tertiary/aromatic N) is 1. The molecule has 0 saturated carbocycles. The average molecular weight is 298 g/mol. The molecule has 0 radical (unpaired) electrons. The van der Waals surface area contributed by atoms with E-state index in [4.69, 9.17) is 9.31 Å². The molecule has 3 nitrogen and oxygen atoms in total. The van der Waals surface area contributed by atoms with Gasteiger partial charge in [-0.15, -0.1) is 0 Å². The van der Waals surface area contributed by atoms with Crippen molar-refractivity contribution in [1.82, 2.24) is 4.98 Å². The van der Waals surface area contributed by atoms with Crippen LogP contribution in [0, 0.1) is 6.92 Å². The highest BCUT2D eigenvalue weighted by Gasteiger charge is 2.52. The van der Waals surface area contributed by atoms with Crippen molar-refractivity contribution in [3.8, 4) is 0 Å². The van der Waals surface area contributed by atoms with Crippen LogP contribution in [0.4, 0.5) is 0 Å². The minimum Gasteiger partial charge on any atom is -0.399 e. The zero-order valence-electron chi connectivity index (χ0n) is 10.9. The fourth-order valence-electron chi connectivity index (χ4n) is 1.71. The lowest BCUT2D eigenvalue weighted by Gasteiger charge is -2.32. The van der Waals surface area contributed by atoms with Gasteiger partial charge in [-0.05, 0) is 62.1 Å². The Balaban J connectivity index is 2.35. The van der Waals surface area contributed by atoms with Crippen LogP contribution in [0.3, 0.4) is 0 Å². The zero-order valence-corrected chi connectivity index (χ0v) is 12.5. The summed E-state index contributed by atoms with van der Waals surface area (Å²) < 4.78 is 12.9. The quantitative estimate of drug-likeness (QED) is 0.746. The minimum absolute atomic E-state index is 0.311. The Bertz CT molecular complexity index is 432. The van der Waals surface area contributed by atoms with Gasteiger partial charge in [0.25, 0.3) is 0 Å². The molecule has 0 aliphatic carbocycles. The highest BCUT2D eigenvalue weighted by Crippen LogP contribution is 2.36. The first-order chi connectivity index (χ1) is 7.73. The fraction of sp³-hybridized carbons (Fsp3) is 0.583. The van der Waals surface area contributed by atoms with E-state index in [1.54, 1.807) is 6.20 Å². The van der Waals surface area contributed by atoms with Crippen molar-refractivity contribution in [2.45, 2.75) is 45.8 Å². The Morgan fingerprint density at radius 2 is 1.71 bits per heavy atom. The number of halogens is 1. The van der Waals surface area contributed by atoms with Crippen LogP contribution in [0.1, 0.15) is 33.4 Å². The third kappa shape index (κ3) is 2.28. The maximum Gasteiger partial charge on any atom is 0.496 e. The first-order valence-corrected chi connectivity index (χ1v) is 6.50. The maximum absolute atomic E-state index is 6.01. The molecule has 2 heterocycles. The number of pyridine rings is 1. The van der Waals surface area contributed by atoms with Gasteiger partial charge in [-0.25, -0.2) is 0 Å². The van der Waals surface area contributed by atoms with Gasteiger partial charge in [-0.2, -0.15) is 0 Å². The summed E-state index contributed by atoms with van der Waals surface area (Å²) in [7, 11) is -0.337. The Labute approximate surface area is 111 Å². The lowest BCUT2D eigenvalue weighted by atomic mass is 9.79. The number of rotatable bonds is 1. The summed E-state index contributed by atoms with van der Waals surface area (Å²) >= 11 is 3.49. The third-order valence-corrected chi connectivity index (χ3v) is 4.19. The van der Waals surface area contributed by atoms with Crippen molar-refractivity contribution in [2.24, 2.45) is 0 Å². The molecule has 1 aromatic rings. The van der Waals surface area contributed by atoms with Gasteiger partial charge in [0.1, 0.15) is 0 Å². The van der Waals surface area contributed by atoms with Gasteiger partial charge in [0.15, 0.2) is 0 Å². The molecule has 5 heteroatoms. The fourth-order valence-corrected chi connectivity index (χ4v) is 2.12. The van der Waals surface area contributed by atoms with Crippen LogP contribution in [-0.4, -0.2) is 23.3 Å². The molecule has 17 heavy (non-hydrogen) atoms. The molecular weight excluding hydrogens is 281 g/mol. The molecule has 0 unspecified atom stereocenters. The van der Waals surface area contributed by atoms with Crippen molar-refractivity contribution in [2.75, 3.05) is 0 Å². The smallest absolute Gasteiger partial charge is 0.399 e. The van der Waals surface area contributed by atoms with E-state index in [-0.39, 0.29) is 18.3 Å². The second kappa shape index (κ2) is 4.07. The summed E-state index contributed by atoms with van der Waals surface area (Å²) in [4.78, 5) is 4.23. The molecule has 2 rings (SSSR count). The highest BCUT2D eigenvalue weighted by molar-refractivity contribution is 9.10. The van der Waals surface area contributed by atoms with Crippen LogP contribution in [0.25, 0.3) is 0 Å². The average Bonchev–Trinajstić information content (AvgIpc) is 2.40. The lowest BCUT2D eigenvalue weighted by molar-refractivity contribution is 0.00578. The summed E-state index contributed by atoms with van der Waals surface area (Å²) in [6, 6.07) is 1.99. The molecule has 1 fully saturated rings. The van der Waals surface area contributed by atoms with Crippen molar-refractivity contribution in [1.29, 1.82) is 0 Å². The Kier molecular flexibility index (Phi) is 3.13. The third-order valence-electron chi connectivity index (χ3n) is 3.53. The van der Waals surface area contributed by atoms with Gasteiger partial charge in [-0.3, -0.25) is 4.98 Å². The van der Waals surface area contributed by atoms with E-state index in [2.05, 4.69) is 48.6 Å². The normalized spacial score (nSPS) is 21.9. The number of aryl methyl sites for hydroxylation is 1. The predicted molar refractivity (Wildman–Crippen MR) is 72.4 cm³/mol. The highest BCUT2D eigenvalue weighted by atomic mass is 79.9. The van der Waals surface area contributed by atoms with Gasteiger partial charge in [-0.1, -0.05) is 0 Å². The molecule has 0 amide bonds. The predicted octanol–water partition coefficient (Wildman–Crippen LogP) is 2.45. The molecule has 1 saturated heterocycles. The molecule has 0 aromatic carbocycles. The molecule has 1 aromatic heterocycles.